The maximum Gasteiger partial charge on any atom is 0.408 e. The Labute approximate surface area is 253 Å². The first-order valence-electron chi connectivity index (χ1n) is 15.3. The Bertz CT molecular complexity index is 1320. The lowest BCUT2D eigenvalue weighted by Gasteiger charge is -2.36. The van der Waals surface area contributed by atoms with Gasteiger partial charge in [-0.1, -0.05) is 13.8 Å². The molecule has 4 heterocycles. The second kappa shape index (κ2) is 14.0. The third-order valence-corrected chi connectivity index (χ3v) is 7.91. The van der Waals surface area contributed by atoms with E-state index in [1.165, 1.54) is 0 Å². The summed E-state index contributed by atoms with van der Waals surface area (Å²) in [6.45, 7) is 11.8. The van der Waals surface area contributed by atoms with E-state index in [-0.39, 0.29) is 30.7 Å². The number of likely N-dealkylation sites (tertiary alicyclic amines) is 1. The number of nitrogens with two attached hydrogens (primary N) is 1. The Kier molecular flexibility index (Phi) is 10.5. The van der Waals surface area contributed by atoms with Gasteiger partial charge in [-0.3, -0.25) is 9.59 Å². The monoisotopic (exact) mass is 598 g/mol. The molecule has 0 saturated carbocycles. The molecule has 43 heavy (non-hydrogen) atoms. The van der Waals surface area contributed by atoms with Crippen LogP contribution < -0.4 is 16.0 Å². The molecule has 13 nitrogen and oxygen atoms in total. The van der Waals surface area contributed by atoms with Crippen LogP contribution in [0.1, 0.15) is 79.6 Å². The largest absolute Gasteiger partial charge is 0.496 e. The molecule has 2 aliphatic heterocycles. The lowest BCUT2D eigenvalue weighted by Crippen LogP contribution is -2.52. The number of ether oxygens (including phenoxy) is 2. The molecule has 4 rings (SSSR count). The van der Waals surface area contributed by atoms with E-state index in [1.807, 2.05) is 0 Å². The van der Waals surface area contributed by atoms with Gasteiger partial charge < -0.3 is 35.3 Å². The van der Waals surface area contributed by atoms with Gasteiger partial charge in [0.15, 0.2) is 11.5 Å². The van der Waals surface area contributed by atoms with Crippen LogP contribution in [0.3, 0.4) is 0 Å². The summed E-state index contributed by atoms with van der Waals surface area (Å²) >= 11 is 0. The highest BCUT2D eigenvalue weighted by Crippen LogP contribution is 2.32. The van der Waals surface area contributed by atoms with E-state index in [0.717, 1.165) is 61.3 Å². The molecule has 0 bridgehead atoms. The molecule has 3 atom stereocenters. The summed E-state index contributed by atoms with van der Waals surface area (Å²) in [5, 5.41) is 2.67. The van der Waals surface area contributed by atoms with Gasteiger partial charge in [-0.2, -0.15) is 0 Å². The molecule has 3 amide bonds. The number of aromatic nitrogens is 4. The summed E-state index contributed by atoms with van der Waals surface area (Å²) in [6.07, 6.45) is 6.97. The van der Waals surface area contributed by atoms with E-state index in [2.05, 4.69) is 44.0 Å². The van der Waals surface area contributed by atoms with Gasteiger partial charge in [-0.25, -0.2) is 19.7 Å². The van der Waals surface area contributed by atoms with Crippen molar-refractivity contribution >= 4 is 34.9 Å². The van der Waals surface area contributed by atoms with E-state index < -0.39 is 23.6 Å². The number of rotatable bonds is 11. The second-order valence-corrected chi connectivity index (χ2v) is 12.5. The van der Waals surface area contributed by atoms with E-state index in [1.54, 1.807) is 38.3 Å². The molecule has 2 fully saturated rings. The van der Waals surface area contributed by atoms with Crippen molar-refractivity contribution in [3.05, 3.63) is 24.0 Å². The quantitative estimate of drug-likeness (QED) is 0.328. The second-order valence-electron chi connectivity index (χ2n) is 12.5. The van der Waals surface area contributed by atoms with Crippen molar-refractivity contribution in [3.8, 4) is 0 Å². The molecule has 0 aromatic carbocycles. The highest BCUT2D eigenvalue weighted by molar-refractivity contribution is 5.87. The molecular formula is C30H46N8O5. The number of carbonyl (C=O) groups is 3. The highest BCUT2D eigenvalue weighted by Gasteiger charge is 2.34. The number of allylic oxidation sites excluding steroid dienone is 1. The number of carbonyl (C=O) groups excluding carboxylic acids is 3. The minimum Gasteiger partial charge on any atom is -0.496 e. The minimum absolute atomic E-state index is 0.0294. The van der Waals surface area contributed by atoms with Gasteiger partial charge in [-0.05, 0) is 64.4 Å². The Hall–Kier alpha value is -3.90. The van der Waals surface area contributed by atoms with Crippen molar-refractivity contribution in [3.63, 3.8) is 0 Å². The molecular weight excluding hydrogens is 552 g/mol. The molecule has 236 valence electrons. The van der Waals surface area contributed by atoms with E-state index >= 15 is 0 Å². The van der Waals surface area contributed by atoms with Crippen molar-refractivity contribution < 1.29 is 23.9 Å². The van der Waals surface area contributed by atoms with Crippen LogP contribution in [0.4, 0.5) is 10.6 Å². The van der Waals surface area contributed by atoms with E-state index in [0.29, 0.717) is 25.3 Å². The lowest BCUT2D eigenvalue weighted by molar-refractivity contribution is -0.134. The number of alkyl carbamates (subject to hydrolysis) is 1. The first kappa shape index (κ1) is 32.0. The third-order valence-electron chi connectivity index (χ3n) is 7.91. The normalized spacial score (nSPS) is 21.0. The molecule has 13 heteroatoms. The van der Waals surface area contributed by atoms with Gasteiger partial charge in [0.2, 0.25) is 11.8 Å². The number of H-pyrrole nitrogens is 1. The van der Waals surface area contributed by atoms with Gasteiger partial charge in [0.1, 0.15) is 30.1 Å². The van der Waals surface area contributed by atoms with Crippen LogP contribution in [0.15, 0.2) is 24.0 Å². The number of nitrogens with zero attached hydrogens (tertiary/aromatic N) is 5. The molecule has 2 aliphatic rings. The molecule has 0 spiro atoms. The summed E-state index contributed by atoms with van der Waals surface area (Å²) in [7, 11) is 0. The van der Waals surface area contributed by atoms with Crippen LogP contribution >= 0.6 is 0 Å². The maximum atomic E-state index is 13.7. The summed E-state index contributed by atoms with van der Waals surface area (Å²) in [5.74, 6) is 1.19. The predicted octanol–water partition coefficient (Wildman–Crippen LogP) is 3.42. The zero-order valence-corrected chi connectivity index (χ0v) is 26.0. The number of nitrogens with one attached hydrogen (secondary N) is 2. The number of primary amides is 1. The molecule has 4 N–H and O–H groups in total. The van der Waals surface area contributed by atoms with Crippen molar-refractivity contribution in [2.24, 2.45) is 11.7 Å². The number of hydrogen-bond acceptors (Lipinski definition) is 9. The van der Waals surface area contributed by atoms with Crippen molar-refractivity contribution in [2.45, 2.75) is 97.2 Å². The molecule has 3 unspecified atom stereocenters. The van der Waals surface area contributed by atoms with Crippen molar-refractivity contribution in [2.75, 3.05) is 31.1 Å². The molecule has 2 saturated heterocycles. The van der Waals surface area contributed by atoms with Gasteiger partial charge in [0, 0.05) is 32.5 Å². The summed E-state index contributed by atoms with van der Waals surface area (Å²) in [6, 6.07) is -0.784. The number of anilines is 1. The van der Waals surface area contributed by atoms with Gasteiger partial charge in [0.05, 0.1) is 18.1 Å². The topological polar surface area (TPSA) is 169 Å². The van der Waals surface area contributed by atoms with Crippen molar-refractivity contribution in [1.82, 2.24) is 30.2 Å². The SMILES string of the molecule is CCCC(OCC1CCCN1c1ncnc2nc[nH]c12)=C1CN(C(=O)C(CCC(N)=O)NC(=O)OC(C)(C)C)CCC1C. The predicted molar refractivity (Wildman–Crippen MR) is 162 cm³/mol. The summed E-state index contributed by atoms with van der Waals surface area (Å²) < 4.78 is 12.0. The van der Waals surface area contributed by atoms with Crippen LogP contribution in [0.25, 0.3) is 11.2 Å². The smallest absolute Gasteiger partial charge is 0.408 e. The molecule has 2 aromatic heterocycles. The van der Waals surface area contributed by atoms with E-state index in [4.69, 9.17) is 15.2 Å². The number of hydrogen-bond donors (Lipinski definition) is 3. The van der Waals surface area contributed by atoms with Crippen LogP contribution in [-0.4, -0.2) is 86.7 Å². The number of piperidine rings is 1. The lowest BCUT2D eigenvalue weighted by atomic mass is 9.90. The Morgan fingerprint density at radius 1 is 1.16 bits per heavy atom. The van der Waals surface area contributed by atoms with Crippen LogP contribution in [0, 0.1) is 5.92 Å². The van der Waals surface area contributed by atoms with Crippen LogP contribution in [0.2, 0.25) is 0 Å². The fraction of sp³-hybridized carbons (Fsp3) is 0.667. The van der Waals surface area contributed by atoms with Gasteiger partial charge >= 0.3 is 6.09 Å². The first-order chi connectivity index (χ1) is 20.5. The Morgan fingerprint density at radius 3 is 2.67 bits per heavy atom. The zero-order valence-electron chi connectivity index (χ0n) is 26.0. The van der Waals surface area contributed by atoms with Gasteiger partial charge in [0.25, 0.3) is 0 Å². The zero-order chi connectivity index (χ0) is 31.1. The Morgan fingerprint density at radius 2 is 1.95 bits per heavy atom. The fourth-order valence-corrected chi connectivity index (χ4v) is 5.74. The molecule has 2 aromatic rings. The average Bonchev–Trinajstić information content (AvgIpc) is 3.62. The number of fused-ring (bicyclic) bond motifs is 1. The summed E-state index contributed by atoms with van der Waals surface area (Å²) in [4.78, 5) is 58.0. The maximum absolute atomic E-state index is 13.7. The van der Waals surface area contributed by atoms with Crippen molar-refractivity contribution in [1.29, 1.82) is 0 Å². The van der Waals surface area contributed by atoms with Gasteiger partial charge in [-0.15, -0.1) is 0 Å². The van der Waals surface area contributed by atoms with Crippen LogP contribution in [0.5, 0.6) is 0 Å². The fourth-order valence-electron chi connectivity index (χ4n) is 5.74. The Balaban J connectivity index is 1.49. The molecule has 0 radical (unpaired) electrons. The average molecular weight is 599 g/mol. The number of imidazole rings is 1. The first-order valence-corrected chi connectivity index (χ1v) is 15.3. The minimum atomic E-state index is -0.924. The highest BCUT2D eigenvalue weighted by atomic mass is 16.6. The van der Waals surface area contributed by atoms with E-state index in [9.17, 15) is 14.4 Å². The number of amides is 3. The standard InChI is InChI=1S/C30H46N8O5/c1-6-8-23(42-16-20-9-7-13-38(20)27-25-26(33-17-32-25)34-18-35-27)21-15-37(14-12-19(21)2)28(40)22(10-11-24(31)39)36-29(41)43-30(3,4)5/h17-20,22H,6-16H2,1-5H3,(H2,31,39)(H,36,41)(H,32,33,34,35). The van der Waals surface area contributed by atoms with Crippen LogP contribution in [-0.2, 0) is 19.1 Å². The third kappa shape index (κ3) is 8.35. The number of aromatic amines is 1. The molecule has 0 aliphatic carbocycles. The summed E-state index contributed by atoms with van der Waals surface area (Å²) in [5.41, 5.74) is 7.20.